The van der Waals surface area contributed by atoms with Crippen molar-refractivity contribution in [1.82, 2.24) is 4.90 Å². The SMILES string of the molecule is COc1ccccc1N(CN1C(=O)c2ccc([N+](=O)[O-])cc2C1=O)C(C)=O. The van der Waals surface area contributed by atoms with Gasteiger partial charge in [0.2, 0.25) is 5.91 Å². The Morgan fingerprint density at radius 2 is 1.81 bits per heavy atom. The summed E-state index contributed by atoms with van der Waals surface area (Å²) < 4.78 is 5.24. The molecule has 0 aliphatic carbocycles. The van der Waals surface area contributed by atoms with Crippen LogP contribution in [-0.2, 0) is 4.79 Å². The van der Waals surface area contributed by atoms with E-state index in [1.54, 1.807) is 24.3 Å². The Bertz CT molecular complexity index is 971. The Kier molecular flexibility index (Phi) is 4.59. The Hall–Kier alpha value is -3.75. The number of nitro groups is 1. The van der Waals surface area contributed by atoms with Crippen LogP contribution in [0.1, 0.15) is 27.6 Å². The average Bonchev–Trinajstić information content (AvgIpc) is 2.89. The van der Waals surface area contributed by atoms with Gasteiger partial charge in [0.15, 0.2) is 0 Å². The topological polar surface area (TPSA) is 110 Å². The third-order valence-corrected chi connectivity index (χ3v) is 4.20. The first-order chi connectivity index (χ1) is 12.8. The fraction of sp³-hybridized carbons (Fsp3) is 0.167. The number of hydrogen-bond donors (Lipinski definition) is 0. The van der Waals surface area contributed by atoms with E-state index in [1.807, 2.05) is 0 Å². The van der Waals surface area contributed by atoms with Gasteiger partial charge in [-0.25, -0.2) is 0 Å². The van der Waals surface area contributed by atoms with E-state index in [2.05, 4.69) is 0 Å². The van der Waals surface area contributed by atoms with Crippen LogP contribution in [-0.4, -0.2) is 41.3 Å². The fourth-order valence-electron chi connectivity index (χ4n) is 2.86. The second-order valence-electron chi connectivity index (χ2n) is 5.79. The van der Waals surface area contributed by atoms with E-state index in [0.717, 1.165) is 17.0 Å². The first-order valence-electron chi connectivity index (χ1n) is 7.91. The normalized spacial score (nSPS) is 12.7. The Morgan fingerprint density at radius 1 is 1.15 bits per heavy atom. The second-order valence-corrected chi connectivity index (χ2v) is 5.79. The highest BCUT2D eigenvalue weighted by molar-refractivity contribution is 6.22. The molecule has 3 amide bonds. The highest BCUT2D eigenvalue weighted by Gasteiger charge is 2.38. The number of methoxy groups -OCH3 is 1. The molecule has 0 fully saturated rings. The molecule has 1 aliphatic heterocycles. The van der Waals surface area contributed by atoms with Crippen molar-refractivity contribution < 1.29 is 24.0 Å². The number of benzene rings is 2. The number of carbonyl (C=O) groups is 3. The minimum absolute atomic E-state index is 0.0577. The summed E-state index contributed by atoms with van der Waals surface area (Å²) in [7, 11) is 1.44. The lowest BCUT2D eigenvalue weighted by atomic mass is 10.1. The van der Waals surface area contributed by atoms with E-state index < -0.39 is 22.6 Å². The Morgan fingerprint density at radius 3 is 2.44 bits per heavy atom. The standard InChI is InChI=1S/C18H15N3O6/c1-11(22)19(15-5-3-4-6-16(15)27-2)10-20-17(23)13-8-7-12(21(25)26)9-14(13)18(20)24/h3-9H,10H2,1-2H3. The smallest absolute Gasteiger partial charge is 0.270 e. The summed E-state index contributed by atoms with van der Waals surface area (Å²) >= 11 is 0. The van der Waals surface area contributed by atoms with Gasteiger partial charge in [-0.2, -0.15) is 0 Å². The van der Waals surface area contributed by atoms with Crippen LogP contribution < -0.4 is 9.64 Å². The van der Waals surface area contributed by atoms with Crippen LogP contribution in [0.15, 0.2) is 42.5 Å². The third kappa shape index (κ3) is 3.10. The first kappa shape index (κ1) is 18.1. The van der Waals surface area contributed by atoms with E-state index in [-0.39, 0.29) is 23.5 Å². The number of amides is 3. The van der Waals surface area contributed by atoms with Gasteiger partial charge in [0.05, 0.1) is 28.8 Å². The van der Waals surface area contributed by atoms with E-state index >= 15 is 0 Å². The predicted octanol–water partition coefficient (Wildman–Crippen LogP) is 2.21. The largest absolute Gasteiger partial charge is 0.495 e. The Balaban J connectivity index is 1.96. The number of rotatable bonds is 5. The number of anilines is 1. The molecule has 0 saturated heterocycles. The van der Waals surface area contributed by atoms with Crippen molar-refractivity contribution in [2.75, 3.05) is 18.7 Å². The van der Waals surface area contributed by atoms with Gasteiger partial charge in [-0.15, -0.1) is 0 Å². The van der Waals surface area contributed by atoms with Crippen molar-refractivity contribution in [1.29, 1.82) is 0 Å². The van der Waals surface area contributed by atoms with Gasteiger partial charge in [0.1, 0.15) is 12.4 Å². The van der Waals surface area contributed by atoms with Crippen LogP contribution >= 0.6 is 0 Å². The number of carbonyl (C=O) groups excluding carboxylic acids is 3. The summed E-state index contributed by atoms with van der Waals surface area (Å²) in [6.45, 7) is 0.964. The molecule has 0 radical (unpaired) electrons. The summed E-state index contributed by atoms with van der Waals surface area (Å²) in [5.74, 6) is -1.31. The fourth-order valence-corrected chi connectivity index (χ4v) is 2.86. The zero-order valence-corrected chi connectivity index (χ0v) is 14.5. The van der Waals surface area contributed by atoms with Gasteiger partial charge < -0.3 is 4.74 Å². The summed E-state index contributed by atoms with van der Waals surface area (Å²) in [5.41, 5.74) is 0.117. The summed E-state index contributed by atoms with van der Waals surface area (Å²) in [6.07, 6.45) is 0. The van der Waals surface area contributed by atoms with Crippen molar-refractivity contribution in [2.24, 2.45) is 0 Å². The molecule has 2 aromatic rings. The average molecular weight is 369 g/mol. The zero-order chi connectivity index (χ0) is 19.7. The molecule has 27 heavy (non-hydrogen) atoms. The minimum Gasteiger partial charge on any atom is -0.495 e. The van der Waals surface area contributed by atoms with Gasteiger partial charge >= 0.3 is 0 Å². The maximum atomic E-state index is 12.6. The van der Waals surface area contributed by atoms with Gasteiger partial charge in [0, 0.05) is 19.1 Å². The quantitative estimate of drug-likeness (QED) is 0.454. The van der Waals surface area contributed by atoms with Crippen LogP contribution in [0.3, 0.4) is 0 Å². The molecule has 0 bridgehead atoms. The molecule has 3 rings (SSSR count). The van der Waals surface area contributed by atoms with Gasteiger partial charge in [-0.1, -0.05) is 12.1 Å². The maximum Gasteiger partial charge on any atom is 0.270 e. The summed E-state index contributed by atoms with van der Waals surface area (Å²) in [5, 5.41) is 10.9. The zero-order valence-electron chi connectivity index (χ0n) is 14.5. The summed E-state index contributed by atoms with van der Waals surface area (Å²) in [4.78, 5) is 49.8. The van der Waals surface area contributed by atoms with Crippen molar-refractivity contribution in [3.63, 3.8) is 0 Å². The molecule has 9 heteroatoms. The highest BCUT2D eigenvalue weighted by atomic mass is 16.6. The third-order valence-electron chi connectivity index (χ3n) is 4.20. The number of imide groups is 1. The monoisotopic (exact) mass is 369 g/mol. The predicted molar refractivity (Wildman–Crippen MR) is 94.6 cm³/mol. The van der Waals surface area contributed by atoms with Crippen molar-refractivity contribution in [3.05, 3.63) is 63.7 Å². The van der Waals surface area contributed by atoms with Crippen LogP contribution in [0.4, 0.5) is 11.4 Å². The van der Waals surface area contributed by atoms with E-state index in [0.29, 0.717) is 11.4 Å². The highest BCUT2D eigenvalue weighted by Crippen LogP contribution is 2.31. The molecular formula is C18H15N3O6. The van der Waals surface area contributed by atoms with E-state index in [1.165, 1.54) is 25.0 Å². The lowest BCUT2D eigenvalue weighted by Crippen LogP contribution is -2.43. The van der Waals surface area contributed by atoms with Gasteiger partial charge in [-0.05, 0) is 18.2 Å². The van der Waals surface area contributed by atoms with Crippen LogP contribution in [0, 0.1) is 10.1 Å². The number of para-hydroxylation sites is 2. The molecule has 9 nitrogen and oxygen atoms in total. The molecule has 2 aromatic carbocycles. The molecular weight excluding hydrogens is 354 g/mol. The number of nitrogens with zero attached hydrogens (tertiary/aromatic N) is 3. The second kappa shape index (κ2) is 6.87. The number of fused-ring (bicyclic) bond motifs is 1. The molecule has 0 unspecified atom stereocenters. The number of ether oxygens (including phenoxy) is 1. The minimum atomic E-state index is -0.695. The number of hydrogen-bond acceptors (Lipinski definition) is 6. The first-order valence-corrected chi connectivity index (χ1v) is 7.91. The van der Waals surface area contributed by atoms with E-state index in [4.69, 9.17) is 4.74 Å². The molecule has 1 aliphatic rings. The molecule has 0 N–H and O–H groups in total. The lowest BCUT2D eigenvalue weighted by Gasteiger charge is -2.27. The molecule has 0 spiro atoms. The van der Waals surface area contributed by atoms with Crippen LogP contribution in [0.5, 0.6) is 5.75 Å². The number of non-ortho nitro benzene ring substituents is 1. The van der Waals surface area contributed by atoms with Crippen LogP contribution in [0.2, 0.25) is 0 Å². The molecule has 138 valence electrons. The Labute approximate surface area is 153 Å². The lowest BCUT2D eigenvalue weighted by molar-refractivity contribution is -0.384. The molecule has 1 heterocycles. The number of nitro benzene ring substituents is 1. The molecule has 0 atom stereocenters. The van der Waals surface area contributed by atoms with Crippen molar-refractivity contribution >= 4 is 29.1 Å². The van der Waals surface area contributed by atoms with Crippen molar-refractivity contribution in [3.8, 4) is 5.75 Å². The summed E-state index contributed by atoms with van der Waals surface area (Å²) in [6, 6.07) is 10.2. The van der Waals surface area contributed by atoms with Crippen LogP contribution in [0.25, 0.3) is 0 Å². The molecule has 0 aromatic heterocycles. The van der Waals surface area contributed by atoms with E-state index in [9.17, 15) is 24.5 Å². The van der Waals surface area contributed by atoms with Crippen molar-refractivity contribution in [2.45, 2.75) is 6.92 Å². The molecule has 0 saturated carbocycles. The van der Waals surface area contributed by atoms with Gasteiger partial charge in [-0.3, -0.25) is 34.3 Å². The maximum absolute atomic E-state index is 12.6. The van der Waals surface area contributed by atoms with Gasteiger partial charge in [0.25, 0.3) is 17.5 Å².